The molecule has 0 heterocycles. The van der Waals surface area contributed by atoms with E-state index >= 15 is 0 Å². The van der Waals surface area contributed by atoms with Crippen molar-refractivity contribution in [1.82, 2.24) is 5.32 Å². The number of rotatable bonds is 9. The van der Waals surface area contributed by atoms with Gasteiger partial charge in [-0.25, -0.2) is 4.39 Å². The van der Waals surface area contributed by atoms with Gasteiger partial charge < -0.3 is 15.0 Å². The Morgan fingerprint density at radius 3 is 2.55 bits per heavy atom. The summed E-state index contributed by atoms with van der Waals surface area (Å²) < 4.78 is 18.7. The zero-order valence-corrected chi connectivity index (χ0v) is 13.1. The van der Waals surface area contributed by atoms with Gasteiger partial charge >= 0.3 is 0 Å². The molecular formula is C16H27FN2O. The van der Waals surface area contributed by atoms with Gasteiger partial charge in [0, 0.05) is 31.9 Å². The molecular weight excluding hydrogens is 255 g/mol. The molecule has 0 saturated heterocycles. The third-order valence-electron chi connectivity index (χ3n) is 3.64. The van der Waals surface area contributed by atoms with E-state index in [1.165, 1.54) is 6.07 Å². The summed E-state index contributed by atoms with van der Waals surface area (Å²) in [5, 5.41) is 3.11. The second-order valence-electron chi connectivity index (χ2n) is 4.96. The Bertz CT molecular complexity index is 394. The molecule has 1 rings (SSSR count). The second-order valence-corrected chi connectivity index (χ2v) is 4.96. The first kappa shape index (κ1) is 16.9. The minimum Gasteiger partial charge on any atom is -0.383 e. The monoisotopic (exact) mass is 282 g/mol. The highest BCUT2D eigenvalue weighted by Gasteiger charge is 2.18. The van der Waals surface area contributed by atoms with Crippen LogP contribution in [0.2, 0.25) is 0 Å². The number of nitrogens with one attached hydrogen (secondary N) is 1. The van der Waals surface area contributed by atoms with Crippen LogP contribution in [-0.4, -0.2) is 33.4 Å². The Morgan fingerprint density at radius 2 is 2.00 bits per heavy atom. The topological polar surface area (TPSA) is 24.5 Å². The summed E-state index contributed by atoms with van der Waals surface area (Å²) in [5.74, 6) is -0.185. The number of benzene rings is 1. The number of hydrogen-bond acceptors (Lipinski definition) is 3. The van der Waals surface area contributed by atoms with Crippen molar-refractivity contribution < 1.29 is 9.13 Å². The lowest BCUT2D eigenvalue weighted by atomic mass is 10.1. The molecule has 20 heavy (non-hydrogen) atoms. The highest BCUT2D eigenvalue weighted by atomic mass is 19.1. The minimum absolute atomic E-state index is 0.185. The van der Waals surface area contributed by atoms with E-state index in [2.05, 4.69) is 24.1 Å². The molecule has 1 aromatic rings. The van der Waals surface area contributed by atoms with Crippen molar-refractivity contribution in [2.24, 2.45) is 0 Å². The van der Waals surface area contributed by atoms with Gasteiger partial charge in [-0.3, -0.25) is 0 Å². The summed E-state index contributed by atoms with van der Waals surface area (Å²) in [6.45, 7) is 6.54. The standard InChI is InChI=1S/C16H27FN2O/c1-5-15(6-2)19(9-10-20-4)16-8-7-14(17)11-13(16)12-18-3/h7-8,11,15,18H,5-6,9-10,12H2,1-4H3. The molecule has 0 atom stereocenters. The lowest BCUT2D eigenvalue weighted by molar-refractivity contribution is 0.202. The Balaban J connectivity index is 3.10. The first-order valence-electron chi connectivity index (χ1n) is 7.36. The second kappa shape index (κ2) is 8.93. The third-order valence-corrected chi connectivity index (χ3v) is 3.64. The molecule has 0 radical (unpaired) electrons. The van der Waals surface area contributed by atoms with Gasteiger partial charge in [0.05, 0.1) is 6.61 Å². The van der Waals surface area contributed by atoms with Crippen LogP contribution in [0.3, 0.4) is 0 Å². The Hall–Kier alpha value is -1.13. The van der Waals surface area contributed by atoms with E-state index < -0.39 is 0 Å². The highest BCUT2D eigenvalue weighted by molar-refractivity contribution is 5.54. The van der Waals surface area contributed by atoms with E-state index in [-0.39, 0.29) is 5.82 Å². The highest BCUT2D eigenvalue weighted by Crippen LogP contribution is 2.25. The fourth-order valence-electron chi connectivity index (χ4n) is 2.59. The SMILES string of the molecule is CCC(CC)N(CCOC)c1ccc(F)cc1CNC. The van der Waals surface area contributed by atoms with Crippen molar-refractivity contribution in [1.29, 1.82) is 0 Å². The van der Waals surface area contributed by atoms with Gasteiger partial charge in [0.2, 0.25) is 0 Å². The molecule has 0 unspecified atom stereocenters. The summed E-state index contributed by atoms with van der Waals surface area (Å²) >= 11 is 0. The lowest BCUT2D eigenvalue weighted by Gasteiger charge is -2.34. The van der Waals surface area contributed by atoms with Gasteiger partial charge in [-0.1, -0.05) is 13.8 Å². The molecule has 114 valence electrons. The van der Waals surface area contributed by atoms with E-state index in [9.17, 15) is 4.39 Å². The zero-order valence-electron chi connectivity index (χ0n) is 13.1. The van der Waals surface area contributed by atoms with E-state index in [1.807, 2.05) is 13.1 Å². The Morgan fingerprint density at radius 1 is 1.30 bits per heavy atom. The molecule has 0 amide bonds. The van der Waals surface area contributed by atoms with Crippen molar-refractivity contribution in [2.75, 3.05) is 32.2 Å². The number of ether oxygens (including phenoxy) is 1. The van der Waals surface area contributed by atoms with Crippen LogP contribution in [0.15, 0.2) is 18.2 Å². The van der Waals surface area contributed by atoms with Crippen LogP contribution in [0.25, 0.3) is 0 Å². The third kappa shape index (κ3) is 4.46. The van der Waals surface area contributed by atoms with Crippen molar-refractivity contribution in [3.8, 4) is 0 Å². The molecule has 3 nitrogen and oxygen atoms in total. The summed E-state index contributed by atoms with van der Waals surface area (Å²) in [6.07, 6.45) is 2.13. The van der Waals surface area contributed by atoms with E-state index in [1.54, 1.807) is 13.2 Å². The Labute approximate surface area is 122 Å². The molecule has 0 aliphatic heterocycles. The predicted molar refractivity (Wildman–Crippen MR) is 82.8 cm³/mol. The molecule has 0 spiro atoms. The van der Waals surface area contributed by atoms with Crippen LogP contribution >= 0.6 is 0 Å². The zero-order chi connectivity index (χ0) is 15.0. The Kier molecular flexibility index (Phi) is 7.55. The summed E-state index contributed by atoms with van der Waals surface area (Å²) in [6, 6.07) is 5.49. The molecule has 4 heteroatoms. The average molecular weight is 282 g/mol. The van der Waals surface area contributed by atoms with Gasteiger partial charge in [0.15, 0.2) is 0 Å². The maximum absolute atomic E-state index is 13.5. The van der Waals surface area contributed by atoms with Gasteiger partial charge in [-0.2, -0.15) is 0 Å². The molecule has 0 fully saturated rings. The van der Waals surface area contributed by atoms with Crippen LogP contribution in [0.1, 0.15) is 32.3 Å². The number of hydrogen-bond donors (Lipinski definition) is 1. The van der Waals surface area contributed by atoms with Crippen LogP contribution in [-0.2, 0) is 11.3 Å². The van der Waals surface area contributed by atoms with E-state index in [4.69, 9.17) is 4.74 Å². The van der Waals surface area contributed by atoms with E-state index in [0.717, 1.165) is 30.6 Å². The molecule has 1 N–H and O–H groups in total. The van der Waals surface area contributed by atoms with Crippen LogP contribution < -0.4 is 10.2 Å². The van der Waals surface area contributed by atoms with Crippen LogP contribution in [0.4, 0.5) is 10.1 Å². The van der Waals surface area contributed by atoms with Crippen LogP contribution in [0.5, 0.6) is 0 Å². The van der Waals surface area contributed by atoms with Gasteiger partial charge in [-0.05, 0) is 43.7 Å². The molecule has 0 aliphatic carbocycles. The van der Waals surface area contributed by atoms with Crippen LogP contribution in [0, 0.1) is 5.82 Å². The quantitative estimate of drug-likeness (QED) is 0.753. The van der Waals surface area contributed by atoms with Crippen molar-refractivity contribution >= 4 is 5.69 Å². The molecule has 1 aromatic carbocycles. The molecule has 0 aliphatic rings. The smallest absolute Gasteiger partial charge is 0.123 e. The average Bonchev–Trinajstić information content (AvgIpc) is 2.45. The molecule has 0 saturated carbocycles. The number of anilines is 1. The lowest BCUT2D eigenvalue weighted by Crippen LogP contribution is -2.38. The van der Waals surface area contributed by atoms with Crippen molar-refractivity contribution in [3.05, 3.63) is 29.6 Å². The normalized spacial score (nSPS) is 11.1. The molecule has 0 bridgehead atoms. The fourth-order valence-corrected chi connectivity index (χ4v) is 2.59. The number of halogens is 1. The fraction of sp³-hybridized carbons (Fsp3) is 0.625. The van der Waals surface area contributed by atoms with Gasteiger partial charge in [0.25, 0.3) is 0 Å². The van der Waals surface area contributed by atoms with Gasteiger partial charge in [0.1, 0.15) is 5.82 Å². The van der Waals surface area contributed by atoms with Crippen molar-refractivity contribution in [2.45, 2.75) is 39.3 Å². The number of methoxy groups -OCH3 is 1. The summed E-state index contributed by atoms with van der Waals surface area (Å²) in [7, 11) is 3.59. The van der Waals surface area contributed by atoms with Crippen molar-refractivity contribution in [3.63, 3.8) is 0 Å². The maximum Gasteiger partial charge on any atom is 0.123 e. The predicted octanol–water partition coefficient (Wildman–Crippen LogP) is 3.19. The largest absolute Gasteiger partial charge is 0.383 e. The first-order valence-corrected chi connectivity index (χ1v) is 7.36. The summed E-state index contributed by atoms with van der Waals surface area (Å²) in [4.78, 5) is 2.34. The number of nitrogens with zero attached hydrogens (tertiary/aromatic N) is 1. The van der Waals surface area contributed by atoms with E-state index in [0.29, 0.717) is 19.2 Å². The maximum atomic E-state index is 13.5. The summed E-state index contributed by atoms with van der Waals surface area (Å²) in [5.41, 5.74) is 2.10. The van der Waals surface area contributed by atoms with Gasteiger partial charge in [-0.15, -0.1) is 0 Å². The minimum atomic E-state index is -0.185. The molecule has 0 aromatic heterocycles. The first-order chi connectivity index (χ1) is 9.67.